The Morgan fingerprint density at radius 1 is 1.04 bits per heavy atom. The monoisotopic (exact) mass is 348 g/mol. The van der Waals surface area contributed by atoms with Crippen LogP contribution in [0.1, 0.15) is 64.4 Å². The minimum atomic E-state index is -0.551. The van der Waals surface area contributed by atoms with Gasteiger partial charge in [0, 0.05) is 13.0 Å². The van der Waals surface area contributed by atoms with E-state index in [1.54, 1.807) is 7.11 Å². The Bertz CT molecular complexity index is 483. The first-order chi connectivity index (χ1) is 12.0. The number of aliphatic hydroxyl groups excluding tert-OH is 1. The predicted molar refractivity (Wildman–Crippen MR) is 102 cm³/mol. The minimum Gasteiger partial charge on any atom is -0.393 e. The van der Waals surface area contributed by atoms with E-state index in [1.165, 1.54) is 18.4 Å². The summed E-state index contributed by atoms with van der Waals surface area (Å²) in [6.07, 6.45) is 8.15. The van der Waals surface area contributed by atoms with Crippen molar-refractivity contribution in [2.75, 3.05) is 7.11 Å². The number of hydrogen-bond donors (Lipinski definition) is 1. The van der Waals surface area contributed by atoms with E-state index in [9.17, 15) is 5.11 Å². The minimum absolute atomic E-state index is 0.179. The molecule has 2 fully saturated rings. The second-order valence-corrected chi connectivity index (χ2v) is 7.85. The first-order valence-electron chi connectivity index (χ1n) is 9.89. The van der Waals surface area contributed by atoms with E-state index in [-0.39, 0.29) is 12.0 Å². The van der Waals surface area contributed by atoms with Crippen molar-refractivity contribution in [3.05, 3.63) is 35.9 Å². The summed E-state index contributed by atoms with van der Waals surface area (Å²) in [4.78, 5) is 0. The van der Waals surface area contributed by atoms with E-state index >= 15 is 0 Å². The number of methoxy groups -OCH3 is 1. The first-order valence-corrected chi connectivity index (χ1v) is 9.89. The molecule has 0 radical (unpaired) electrons. The van der Waals surface area contributed by atoms with Crippen molar-refractivity contribution < 1.29 is 14.6 Å². The Morgan fingerprint density at radius 2 is 1.68 bits per heavy atom. The lowest BCUT2D eigenvalue weighted by Gasteiger charge is -2.40. The van der Waals surface area contributed by atoms with Crippen LogP contribution in [0.4, 0.5) is 0 Å². The molecule has 0 heterocycles. The van der Waals surface area contributed by atoms with Crippen LogP contribution in [0.15, 0.2) is 30.3 Å². The quantitative estimate of drug-likeness (QED) is 0.752. The molecule has 2 saturated carbocycles. The fraction of sp³-hybridized carbons (Fsp3) is 0.727. The number of rotatable bonds is 5. The van der Waals surface area contributed by atoms with Gasteiger partial charge in [0.1, 0.15) is 0 Å². The Morgan fingerprint density at radius 3 is 2.12 bits per heavy atom. The fourth-order valence-electron chi connectivity index (χ4n) is 4.15. The number of hydrogen-bond acceptors (Lipinski definition) is 3. The number of aryl methyl sites for hydroxylation is 1. The van der Waals surface area contributed by atoms with E-state index in [0.717, 1.165) is 32.1 Å². The second-order valence-electron chi connectivity index (χ2n) is 7.85. The van der Waals surface area contributed by atoms with Crippen molar-refractivity contribution in [2.24, 2.45) is 11.8 Å². The molecule has 1 N–H and O–H groups in total. The van der Waals surface area contributed by atoms with Gasteiger partial charge in [0.25, 0.3) is 0 Å². The first kappa shape index (κ1) is 20.4. The Kier molecular flexibility index (Phi) is 7.92. The van der Waals surface area contributed by atoms with Crippen molar-refractivity contribution in [1.82, 2.24) is 0 Å². The van der Waals surface area contributed by atoms with Gasteiger partial charge in [0.15, 0.2) is 5.79 Å². The summed E-state index contributed by atoms with van der Waals surface area (Å²) in [5.41, 5.74) is 1.32. The summed E-state index contributed by atoms with van der Waals surface area (Å²) in [6, 6.07) is 10.3. The molecule has 4 unspecified atom stereocenters. The van der Waals surface area contributed by atoms with Crippen LogP contribution in [-0.4, -0.2) is 30.2 Å². The highest BCUT2D eigenvalue weighted by atomic mass is 16.7. The summed E-state index contributed by atoms with van der Waals surface area (Å²) in [5, 5.41) is 10.1. The van der Waals surface area contributed by atoms with E-state index in [1.807, 2.05) is 25.1 Å². The Hall–Kier alpha value is -0.900. The van der Waals surface area contributed by atoms with Crippen molar-refractivity contribution in [1.29, 1.82) is 0 Å². The van der Waals surface area contributed by atoms with Crippen molar-refractivity contribution in [3.63, 3.8) is 0 Å². The zero-order valence-corrected chi connectivity index (χ0v) is 16.4. The van der Waals surface area contributed by atoms with Gasteiger partial charge in [-0.25, -0.2) is 0 Å². The van der Waals surface area contributed by atoms with Gasteiger partial charge in [-0.05, 0) is 45.4 Å². The highest BCUT2D eigenvalue weighted by molar-refractivity contribution is 5.11. The fourth-order valence-corrected chi connectivity index (χ4v) is 4.15. The smallest absolute Gasteiger partial charge is 0.168 e. The predicted octanol–water partition coefficient (Wildman–Crippen LogP) is 5.10. The summed E-state index contributed by atoms with van der Waals surface area (Å²) in [7, 11) is 1.73. The van der Waals surface area contributed by atoms with Gasteiger partial charge < -0.3 is 14.6 Å². The van der Waals surface area contributed by atoms with Crippen molar-refractivity contribution in [2.45, 2.75) is 83.7 Å². The van der Waals surface area contributed by atoms with Gasteiger partial charge in [0.2, 0.25) is 0 Å². The van der Waals surface area contributed by atoms with Crippen molar-refractivity contribution >= 4 is 0 Å². The number of ether oxygens (including phenoxy) is 2. The maximum absolute atomic E-state index is 10.1. The largest absolute Gasteiger partial charge is 0.393 e. The van der Waals surface area contributed by atoms with Gasteiger partial charge in [0.05, 0.1) is 12.2 Å². The molecule has 4 atom stereocenters. The van der Waals surface area contributed by atoms with Crippen LogP contribution >= 0.6 is 0 Å². The molecular weight excluding hydrogens is 312 g/mol. The van der Waals surface area contributed by atoms with Crippen LogP contribution in [0.5, 0.6) is 0 Å². The van der Waals surface area contributed by atoms with Crippen LogP contribution in [0, 0.1) is 18.8 Å². The lowest BCUT2D eigenvalue weighted by Crippen LogP contribution is -2.45. The normalized spacial score (nSPS) is 27.4. The molecule has 142 valence electrons. The molecule has 1 aromatic carbocycles. The third-order valence-corrected chi connectivity index (χ3v) is 6.05. The van der Waals surface area contributed by atoms with Gasteiger partial charge in [-0.2, -0.15) is 0 Å². The topological polar surface area (TPSA) is 38.7 Å². The van der Waals surface area contributed by atoms with Gasteiger partial charge in [-0.1, -0.05) is 62.1 Å². The molecule has 0 bridgehead atoms. The Labute approximate surface area is 153 Å². The highest BCUT2D eigenvalue weighted by Gasteiger charge is 2.43. The number of benzene rings is 1. The van der Waals surface area contributed by atoms with Gasteiger partial charge >= 0.3 is 0 Å². The average Bonchev–Trinajstić information content (AvgIpc) is 3.27. The molecule has 0 saturated heterocycles. The third-order valence-electron chi connectivity index (χ3n) is 6.05. The molecule has 25 heavy (non-hydrogen) atoms. The molecule has 3 heteroatoms. The van der Waals surface area contributed by atoms with E-state index < -0.39 is 5.79 Å². The summed E-state index contributed by atoms with van der Waals surface area (Å²) in [5.74, 6) is 0.00213. The van der Waals surface area contributed by atoms with Crippen LogP contribution < -0.4 is 0 Å². The SMILES string of the molecule is COC(C)(OC1CCCC1)C(C)C1CCCC1O.Cc1ccccc1. The maximum Gasteiger partial charge on any atom is 0.168 e. The standard InChI is InChI=1S/C15H28O3.C7H8/c1-11(13-9-6-10-14(13)16)15(2,17-3)18-12-7-4-5-8-12;1-7-5-3-2-4-6-7/h11-14,16H,4-10H2,1-3H3;2-6H,1H3. The van der Waals surface area contributed by atoms with Gasteiger partial charge in [-0.3, -0.25) is 0 Å². The van der Waals surface area contributed by atoms with Crippen LogP contribution in [-0.2, 0) is 9.47 Å². The molecule has 2 aliphatic carbocycles. The molecule has 2 aliphatic rings. The molecule has 0 amide bonds. The molecule has 3 nitrogen and oxygen atoms in total. The van der Waals surface area contributed by atoms with Crippen LogP contribution in [0.3, 0.4) is 0 Å². The summed E-state index contributed by atoms with van der Waals surface area (Å²) in [6.45, 7) is 6.29. The van der Waals surface area contributed by atoms with Crippen molar-refractivity contribution in [3.8, 4) is 0 Å². The lowest BCUT2D eigenvalue weighted by atomic mass is 9.84. The molecule has 3 rings (SSSR count). The van der Waals surface area contributed by atoms with Crippen LogP contribution in [0.25, 0.3) is 0 Å². The van der Waals surface area contributed by atoms with Gasteiger partial charge in [-0.15, -0.1) is 0 Å². The van der Waals surface area contributed by atoms with E-state index in [4.69, 9.17) is 9.47 Å². The van der Waals surface area contributed by atoms with E-state index in [0.29, 0.717) is 12.0 Å². The third kappa shape index (κ3) is 5.80. The zero-order chi connectivity index (χ0) is 18.3. The highest BCUT2D eigenvalue weighted by Crippen LogP contribution is 2.40. The second kappa shape index (κ2) is 9.70. The molecular formula is C22H36O3. The summed E-state index contributed by atoms with van der Waals surface area (Å²) < 4.78 is 11.9. The molecule has 0 aliphatic heterocycles. The summed E-state index contributed by atoms with van der Waals surface area (Å²) >= 11 is 0. The molecule has 0 aromatic heterocycles. The Balaban J connectivity index is 0.000000269. The maximum atomic E-state index is 10.1. The lowest BCUT2D eigenvalue weighted by molar-refractivity contribution is -0.271. The number of aliphatic hydroxyl groups is 1. The van der Waals surface area contributed by atoms with E-state index in [2.05, 4.69) is 26.0 Å². The molecule has 0 spiro atoms. The zero-order valence-electron chi connectivity index (χ0n) is 16.4. The van der Waals surface area contributed by atoms with Crippen LogP contribution in [0.2, 0.25) is 0 Å². The average molecular weight is 349 g/mol. The molecule has 1 aromatic rings.